The number of amides is 2. The van der Waals surface area contributed by atoms with Crippen LogP contribution in [0.3, 0.4) is 0 Å². The zero-order valence-electron chi connectivity index (χ0n) is 18.3. The van der Waals surface area contributed by atoms with Crippen molar-refractivity contribution in [1.29, 1.82) is 0 Å². The van der Waals surface area contributed by atoms with Crippen molar-refractivity contribution >= 4 is 11.8 Å². The van der Waals surface area contributed by atoms with Gasteiger partial charge in [0.15, 0.2) is 11.5 Å². The lowest BCUT2D eigenvalue weighted by Crippen LogP contribution is -2.37. The maximum absolute atomic E-state index is 12.5. The third-order valence-electron chi connectivity index (χ3n) is 4.78. The molecule has 9 nitrogen and oxygen atoms in total. The van der Waals surface area contributed by atoms with E-state index in [9.17, 15) is 9.59 Å². The molecule has 168 valence electrons. The van der Waals surface area contributed by atoms with E-state index in [2.05, 4.69) is 15.7 Å². The van der Waals surface area contributed by atoms with Crippen LogP contribution in [0.1, 0.15) is 15.9 Å². The van der Waals surface area contributed by atoms with Gasteiger partial charge in [0.05, 0.1) is 33.6 Å². The quantitative estimate of drug-likeness (QED) is 0.502. The van der Waals surface area contributed by atoms with Crippen LogP contribution in [0.4, 0.5) is 0 Å². The van der Waals surface area contributed by atoms with Gasteiger partial charge in [-0.3, -0.25) is 9.59 Å². The van der Waals surface area contributed by atoms with E-state index in [0.717, 1.165) is 11.3 Å². The first-order valence-corrected chi connectivity index (χ1v) is 9.99. The minimum Gasteiger partial charge on any atom is -0.493 e. The van der Waals surface area contributed by atoms with Crippen molar-refractivity contribution in [2.24, 2.45) is 0 Å². The third-order valence-corrected chi connectivity index (χ3v) is 4.78. The molecular formula is C23H26N4O5. The highest BCUT2D eigenvalue weighted by molar-refractivity contribution is 5.97. The van der Waals surface area contributed by atoms with Gasteiger partial charge in [0, 0.05) is 24.5 Å². The predicted octanol–water partition coefficient (Wildman–Crippen LogP) is 1.99. The molecule has 0 bridgehead atoms. The molecule has 3 rings (SSSR count). The van der Waals surface area contributed by atoms with E-state index in [1.54, 1.807) is 10.9 Å². The topological polar surface area (TPSA) is 104 Å². The zero-order valence-corrected chi connectivity index (χ0v) is 18.3. The van der Waals surface area contributed by atoms with Crippen LogP contribution < -0.4 is 24.8 Å². The fourth-order valence-corrected chi connectivity index (χ4v) is 3.12. The fourth-order valence-electron chi connectivity index (χ4n) is 3.12. The summed E-state index contributed by atoms with van der Waals surface area (Å²) in [6.45, 7) is 0.313. The van der Waals surface area contributed by atoms with E-state index < -0.39 is 5.91 Å². The summed E-state index contributed by atoms with van der Waals surface area (Å²) >= 11 is 0. The molecule has 0 aliphatic rings. The molecule has 1 aromatic heterocycles. The number of rotatable bonds is 10. The van der Waals surface area contributed by atoms with Crippen molar-refractivity contribution in [2.75, 3.05) is 34.4 Å². The first-order chi connectivity index (χ1) is 15.5. The van der Waals surface area contributed by atoms with E-state index >= 15 is 0 Å². The number of methoxy groups -OCH3 is 3. The van der Waals surface area contributed by atoms with Gasteiger partial charge in [0.1, 0.15) is 0 Å². The molecule has 0 atom stereocenters. The second-order valence-corrected chi connectivity index (χ2v) is 6.81. The smallest absolute Gasteiger partial charge is 0.251 e. The van der Waals surface area contributed by atoms with Crippen molar-refractivity contribution in [3.63, 3.8) is 0 Å². The largest absolute Gasteiger partial charge is 0.493 e. The molecule has 0 saturated heterocycles. The average molecular weight is 438 g/mol. The van der Waals surface area contributed by atoms with Crippen LogP contribution in [0, 0.1) is 0 Å². The monoisotopic (exact) mass is 438 g/mol. The number of nitrogens with zero attached hydrogens (tertiary/aromatic N) is 2. The summed E-state index contributed by atoms with van der Waals surface area (Å²) in [5.41, 5.74) is 2.35. The maximum Gasteiger partial charge on any atom is 0.251 e. The van der Waals surface area contributed by atoms with Gasteiger partial charge in [0.25, 0.3) is 5.91 Å². The molecule has 2 aromatic carbocycles. The highest BCUT2D eigenvalue weighted by atomic mass is 16.5. The van der Waals surface area contributed by atoms with E-state index in [4.69, 9.17) is 14.2 Å². The Morgan fingerprint density at radius 1 is 0.969 bits per heavy atom. The fraction of sp³-hybridized carbons (Fsp3) is 0.261. The molecule has 0 radical (unpaired) electrons. The lowest BCUT2D eigenvalue weighted by atomic mass is 10.1. The number of hydrogen-bond donors (Lipinski definition) is 2. The minimum absolute atomic E-state index is 0.145. The Bertz CT molecular complexity index is 1020. The number of nitrogens with one attached hydrogen (secondary N) is 2. The summed E-state index contributed by atoms with van der Waals surface area (Å²) in [6, 6.07) is 12.9. The standard InChI is InChI=1S/C23H26N4O5/c1-30-19-13-17(14-20(31-2)22(19)32-3)23(29)25-15-21(28)24-11-9-16-5-7-18(8-6-16)27-12-4-10-26-27/h4-8,10,12-14H,9,11,15H2,1-3H3,(H,24,28)(H,25,29). The van der Waals surface area contributed by atoms with Gasteiger partial charge in [-0.05, 0) is 42.3 Å². The lowest BCUT2D eigenvalue weighted by molar-refractivity contribution is -0.120. The Kier molecular flexibility index (Phi) is 7.69. The van der Waals surface area contributed by atoms with Gasteiger partial charge in [-0.15, -0.1) is 0 Å². The van der Waals surface area contributed by atoms with Crippen molar-refractivity contribution in [1.82, 2.24) is 20.4 Å². The number of aromatic nitrogens is 2. The molecule has 0 saturated carbocycles. The number of hydrogen-bond acceptors (Lipinski definition) is 6. The van der Waals surface area contributed by atoms with Crippen molar-refractivity contribution in [2.45, 2.75) is 6.42 Å². The van der Waals surface area contributed by atoms with Gasteiger partial charge in [-0.1, -0.05) is 12.1 Å². The summed E-state index contributed by atoms with van der Waals surface area (Å²) in [7, 11) is 4.42. The van der Waals surface area contributed by atoms with Gasteiger partial charge in [-0.25, -0.2) is 4.68 Å². The maximum atomic E-state index is 12.5. The highest BCUT2D eigenvalue weighted by Crippen LogP contribution is 2.38. The second-order valence-electron chi connectivity index (χ2n) is 6.81. The molecule has 0 aliphatic carbocycles. The highest BCUT2D eigenvalue weighted by Gasteiger charge is 2.17. The average Bonchev–Trinajstić information content (AvgIpc) is 3.37. The van der Waals surface area contributed by atoms with Crippen molar-refractivity contribution in [3.8, 4) is 22.9 Å². The van der Waals surface area contributed by atoms with Crippen LogP contribution in [0.25, 0.3) is 5.69 Å². The lowest BCUT2D eigenvalue weighted by Gasteiger charge is -2.14. The molecule has 2 amide bonds. The number of ether oxygens (including phenoxy) is 3. The summed E-state index contributed by atoms with van der Waals surface area (Å²) in [6.07, 6.45) is 4.28. The van der Waals surface area contributed by atoms with Crippen LogP contribution in [0.15, 0.2) is 54.9 Å². The molecule has 3 aromatic rings. The second kappa shape index (κ2) is 10.9. The van der Waals surface area contributed by atoms with E-state index in [-0.39, 0.29) is 12.5 Å². The Morgan fingerprint density at radius 2 is 1.66 bits per heavy atom. The molecule has 0 aliphatic heterocycles. The van der Waals surface area contributed by atoms with Gasteiger partial charge < -0.3 is 24.8 Å². The summed E-state index contributed by atoms with van der Waals surface area (Å²) in [5, 5.41) is 9.59. The molecule has 1 heterocycles. The molecule has 32 heavy (non-hydrogen) atoms. The van der Waals surface area contributed by atoms with Crippen LogP contribution in [0.5, 0.6) is 17.2 Å². The molecule has 0 unspecified atom stereocenters. The van der Waals surface area contributed by atoms with Crippen LogP contribution >= 0.6 is 0 Å². The van der Waals surface area contributed by atoms with Crippen molar-refractivity contribution < 1.29 is 23.8 Å². The molecule has 0 fully saturated rings. The van der Waals surface area contributed by atoms with Gasteiger partial charge >= 0.3 is 0 Å². The zero-order chi connectivity index (χ0) is 22.9. The Hall–Kier alpha value is -4.01. The Balaban J connectivity index is 1.47. The van der Waals surface area contributed by atoms with Gasteiger partial charge in [-0.2, -0.15) is 5.10 Å². The number of carbonyl (C=O) groups excluding carboxylic acids is 2. The predicted molar refractivity (Wildman–Crippen MR) is 119 cm³/mol. The minimum atomic E-state index is -0.423. The Morgan fingerprint density at radius 3 is 2.22 bits per heavy atom. The van der Waals surface area contributed by atoms with Crippen LogP contribution in [-0.4, -0.2) is 56.0 Å². The summed E-state index contributed by atoms with van der Waals surface area (Å²) < 4.78 is 17.5. The molecule has 2 N–H and O–H groups in total. The van der Waals surface area contributed by atoms with E-state index in [1.165, 1.54) is 33.5 Å². The summed E-state index contributed by atoms with van der Waals surface area (Å²) in [4.78, 5) is 24.6. The van der Waals surface area contributed by atoms with Crippen LogP contribution in [-0.2, 0) is 11.2 Å². The van der Waals surface area contributed by atoms with Gasteiger partial charge in [0.2, 0.25) is 11.7 Å². The molecular weight excluding hydrogens is 412 g/mol. The third kappa shape index (κ3) is 5.57. The SMILES string of the molecule is COc1cc(C(=O)NCC(=O)NCCc2ccc(-n3cccn3)cc2)cc(OC)c1OC. The van der Waals surface area contributed by atoms with E-state index in [0.29, 0.717) is 35.8 Å². The first kappa shape index (κ1) is 22.7. The van der Waals surface area contributed by atoms with Crippen LogP contribution in [0.2, 0.25) is 0 Å². The summed E-state index contributed by atoms with van der Waals surface area (Å²) in [5.74, 6) is 0.412. The normalized spacial score (nSPS) is 10.3. The first-order valence-electron chi connectivity index (χ1n) is 9.99. The molecule has 0 spiro atoms. The Labute approximate surface area is 186 Å². The number of carbonyl (C=O) groups is 2. The molecule has 9 heteroatoms. The van der Waals surface area contributed by atoms with E-state index in [1.807, 2.05) is 36.5 Å². The number of benzene rings is 2. The van der Waals surface area contributed by atoms with Crippen molar-refractivity contribution in [3.05, 3.63) is 66.0 Å².